The van der Waals surface area contributed by atoms with Crippen LogP contribution in [0.1, 0.15) is 27.7 Å². The molecule has 0 bridgehead atoms. The number of carbonyl (C=O) groups is 3. The van der Waals surface area contributed by atoms with Gasteiger partial charge in [0.1, 0.15) is 28.6 Å². The van der Waals surface area contributed by atoms with Crippen molar-refractivity contribution in [2.45, 2.75) is 51.4 Å². The smallest absolute Gasteiger partial charge is 0.455 e. The molecular weight excluding hydrogens is 448 g/mol. The average Bonchev–Trinajstić information content (AvgIpc) is 2.72. The molecule has 13 heteroatoms. The number of halogens is 6. The molecule has 32 heavy (non-hydrogen) atoms. The lowest BCUT2D eigenvalue weighted by atomic mass is 9.89. The maximum atomic E-state index is 13.5. The number of amides is 3. The first-order valence-electron chi connectivity index (χ1n) is 9.22. The standard InChI is InChI=1S/C19H21F6N3O4/c1-16(2,14(30)26-8-18(21,22)19(23,24)25)15(31)28-12-13(29)27-10-7-9(20)5-6-11(10)32-17(12,3)4/h5-7,12H,8H2,1-4H3,(H,26,30)(H,27,29)(H,28,31). The second-order valence-electron chi connectivity index (χ2n) is 8.25. The van der Waals surface area contributed by atoms with Crippen LogP contribution in [0.4, 0.5) is 32.0 Å². The quantitative estimate of drug-likeness (QED) is 0.457. The Hall–Kier alpha value is -2.99. The van der Waals surface area contributed by atoms with Crippen LogP contribution >= 0.6 is 0 Å². The van der Waals surface area contributed by atoms with Crippen LogP contribution in [0.5, 0.6) is 5.75 Å². The van der Waals surface area contributed by atoms with Crippen LogP contribution in [0.3, 0.4) is 0 Å². The minimum Gasteiger partial charge on any atom is -0.483 e. The summed E-state index contributed by atoms with van der Waals surface area (Å²) in [5.74, 6) is -9.15. The molecule has 1 unspecified atom stereocenters. The number of rotatable bonds is 5. The Morgan fingerprint density at radius 3 is 2.28 bits per heavy atom. The fraction of sp³-hybridized carbons (Fsp3) is 0.526. The molecule has 2 rings (SSSR count). The molecule has 1 aromatic rings. The zero-order chi connectivity index (χ0) is 24.7. The summed E-state index contributed by atoms with van der Waals surface area (Å²) in [4.78, 5) is 37.5. The van der Waals surface area contributed by atoms with E-state index in [2.05, 4.69) is 10.6 Å². The monoisotopic (exact) mass is 469 g/mol. The number of alkyl halides is 5. The van der Waals surface area contributed by atoms with E-state index in [-0.39, 0.29) is 11.4 Å². The lowest BCUT2D eigenvalue weighted by Crippen LogP contribution is -2.61. The molecule has 0 saturated heterocycles. The Labute approximate surface area is 178 Å². The zero-order valence-corrected chi connectivity index (χ0v) is 17.4. The van der Waals surface area contributed by atoms with E-state index in [1.54, 1.807) is 0 Å². The highest BCUT2D eigenvalue weighted by Gasteiger charge is 2.58. The van der Waals surface area contributed by atoms with Crippen molar-refractivity contribution in [3.05, 3.63) is 24.0 Å². The van der Waals surface area contributed by atoms with Crippen LogP contribution in [-0.2, 0) is 14.4 Å². The molecule has 1 aliphatic heterocycles. The van der Waals surface area contributed by atoms with Gasteiger partial charge in [-0.3, -0.25) is 14.4 Å². The van der Waals surface area contributed by atoms with Gasteiger partial charge in [-0.15, -0.1) is 0 Å². The number of hydrogen-bond acceptors (Lipinski definition) is 4. The molecule has 0 radical (unpaired) electrons. The predicted octanol–water partition coefficient (Wildman–Crippen LogP) is 2.76. The first-order valence-corrected chi connectivity index (χ1v) is 9.22. The Kier molecular flexibility index (Phi) is 6.45. The normalized spacial score (nSPS) is 18.6. The fourth-order valence-electron chi connectivity index (χ4n) is 2.72. The van der Waals surface area contributed by atoms with Crippen molar-refractivity contribution in [3.63, 3.8) is 0 Å². The molecule has 0 fully saturated rings. The third-order valence-electron chi connectivity index (χ3n) is 4.83. The lowest BCUT2D eigenvalue weighted by molar-refractivity contribution is -0.278. The summed E-state index contributed by atoms with van der Waals surface area (Å²) in [6, 6.07) is 1.90. The largest absolute Gasteiger partial charge is 0.483 e. The molecule has 7 nitrogen and oxygen atoms in total. The summed E-state index contributed by atoms with van der Waals surface area (Å²) in [5, 5.41) is 6.04. The van der Waals surface area contributed by atoms with Gasteiger partial charge >= 0.3 is 12.1 Å². The van der Waals surface area contributed by atoms with Crippen LogP contribution < -0.4 is 20.7 Å². The summed E-state index contributed by atoms with van der Waals surface area (Å²) in [6.45, 7) is 2.75. The van der Waals surface area contributed by atoms with Gasteiger partial charge in [0, 0.05) is 6.07 Å². The number of ether oxygens (including phenoxy) is 1. The summed E-state index contributed by atoms with van der Waals surface area (Å²) >= 11 is 0. The van der Waals surface area contributed by atoms with Crippen LogP contribution in [0.2, 0.25) is 0 Å². The van der Waals surface area contributed by atoms with Gasteiger partial charge in [0.25, 0.3) is 5.91 Å². The topological polar surface area (TPSA) is 96.5 Å². The Bertz CT molecular complexity index is 930. The second kappa shape index (κ2) is 8.17. The second-order valence-corrected chi connectivity index (χ2v) is 8.25. The van der Waals surface area contributed by atoms with Crippen molar-refractivity contribution >= 4 is 23.4 Å². The van der Waals surface area contributed by atoms with E-state index in [1.807, 2.05) is 0 Å². The van der Waals surface area contributed by atoms with Crippen LogP contribution in [0.25, 0.3) is 0 Å². The highest BCUT2D eigenvalue weighted by Crippen LogP contribution is 2.35. The number of benzene rings is 1. The SMILES string of the molecule is CC(C)(C(=O)NCC(F)(F)C(F)(F)F)C(=O)NC1C(=O)Nc2cc(F)ccc2OC1(C)C. The number of anilines is 1. The van der Waals surface area contributed by atoms with E-state index in [0.29, 0.717) is 0 Å². The van der Waals surface area contributed by atoms with E-state index in [0.717, 1.165) is 26.0 Å². The van der Waals surface area contributed by atoms with Crippen LogP contribution in [-0.4, -0.2) is 48.0 Å². The molecule has 1 atom stereocenters. The molecular formula is C19H21F6N3O4. The molecule has 178 valence electrons. The van der Waals surface area contributed by atoms with Gasteiger partial charge in [-0.25, -0.2) is 4.39 Å². The van der Waals surface area contributed by atoms with Crippen molar-refractivity contribution < 1.29 is 45.5 Å². The fourth-order valence-corrected chi connectivity index (χ4v) is 2.72. The number of nitrogens with one attached hydrogen (secondary N) is 3. The van der Waals surface area contributed by atoms with Crippen LogP contribution in [0.15, 0.2) is 18.2 Å². The van der Waals surface area contributed by atoms with Crippen LogP contribution in [0, 0.1) is 11.2 Å². The summed E-state index contributed by atoms with van der Waals surface area (Å²) in [7, 11) is 0. The lowest BCUT2D eigenvalue weighted by Gasteiger charge is -2.34. The van der Waals surface area contributed by atoms with Gasteiger partial charge in [-0.05, 0) is 39.8 Å². The highest BCUT2D eigenvalue weighted by atomic mass is 19.4. The van der Waals surface area contributed by atoms with Gasteiger partial charge < -0.3 is 20.7 Å². The van der Waals surface area contributed by atoms with Gasteiger partial charge in [0.15, 0.2) is 0 Å². The number of hydrogen-bond donors (Lipinski definition) is 3. The Balaban J connectivity index is 2.17. The molecule has 3 amide bonds. The Morgan fingerprint density at radius 1 is 1.12 bits per heavy atom. The first kappa shape index (κ1) is 25.3. The molecule has 1 aliphatic rings. The summed E-state index contributed by atoms with van der Waals surface area (Å²) in [6.07, 6.45) is -5.89. The highest BCUT2D eigenvalue weighted by molar-refractivity contribution is 6.07. The van der Waals surface area contributed by atoms with E-state index < -0.39 is 59.2 Å². The van der Waals surface area contributed by atoms with Crippen molar-refractivity contribution in [3.8, 4) is 5.75 Å². The molecule has 0 aromatic heterocycles. The van der Waals surface area contributed by atoms with E-state index in [9.17, 15) is 40.7 Å². The molecule has 1 heterocycles. The van der Waals surface area contributed by atoms with Crippen molar-refractivity contribution in [1.29, 1.82) is 0 Å². The number of carbonyl (C=O) groups excluding carboxylic acids is 3. The van der Waals surface area contributed by atoms with Crippen molar-refractivity contribution in [2.24, 2.45) is 5.41 Å². The van der Waals surface area contributed by atoms with E-state index in [1.165, 1.54) is 25.2 Å². The van der Waals surface area contributed by atoms with Crippen molar-refractivity contribution in [1.82, 2.24) is 10.6 Å². The van der Waals surface area contributed by atoms with Crippen molar-refractivity contribution in [2.75, 3.05) is 11.9 Å². The molecule has 0 spiro atoms. The summed E-state index contributed by atoms with van der Waals surface area (Å²) in [5.41, 5.74) is -3.56. The average molecular weight is 469 g/mol. The van der Waals surface area contributed by atoms with Gasteiger partial charge in [0.05, 0.1) is 12.2 Å². The molecule has 0 aliphatic carbocycles. The minimum absolute atomic E-state index is 0.00814. The zero-order valence-electron chi connectivity index (χ0n) is 17.4. The molecule has 0 saturated carbocycles. The van der Waals surface area contributed by atoms with Gasteiger partial charge in [-0.2, -0.15) is 22.0 Å². The van der Waals surface area contributed by atoms with Gasteiger partial charge in [0.2, 0.25) is 11.8 Å². The molecule has 3 N–H and O–H groups in total. The maximum Gasteiger partial charge on any atom is 0.455 e. The maximum absolute atomic E-state index is 13.5. The molecule has 1 aromatic carbocycles. The van der Waals surface area contributed by atoms with E-state index >= 15 is 0 Å². The number of fused-ring (bicyclic) bond motifs is 1. The third-order valence-corrected chi connectivity index (χ3v) is 4.83. The predicted molar refractivity (Wildman–Crippen MR) is 99.5 cm³/mol. The first-order chi connectivity index (χ1) is 14.4. The summed E-state index contributed by atoms with van der Waals surface area (Å²) < 4.78 is 82.2. The van der Waals surface area contributed by atoms with Gasteiger partial charge in [-0.1, -0.05) is 0 Å². The third kappa shape index (κ3) is 5.07. The minimum atomic E-state index is -5.89. The van der Waals surface area contributed by atoms with E-state index in [4.69, 9.17) is 4.74 Å². The Morgan fingerprint density at radius 2 is 1.72 bits per heavy atom.